The first-order valence-electron chi connectivity index (χ1n) is 9.71. The monoisotopic (exact) mass is 387 g/mol. The van der Waals surface area contributed by atoms with Crippen LogP contribution in [0.25, 0.3) is 0 Å². The predicted molar refractivity (Wildman–Crippen MR) is 105 cm³/mol. The van der Waals surface area contributed by atoms with E-state index in [0.717, 1.165) is 5.56 Å². The quantitative estimate of drug-likeness (QED) is 0.789. The molecule has 1 atom stereocenters. The molecule has 0 bridgehead atoms. The van der Waals surface area contributed by atoms with E-state index in [9.17, 15) is 14.4 Å². The Balaban J connectivity index is 1.58. The second kappa shape index (κ2) is 7.54. The normalized spacial score (nSPS) is 23.0. The van der Waals surface area contributed by atoms with Gasteiger partial charge in [0.1, 0.15) is 0 Å². The molecule has 0 aliphatic carbocycles. The van der Waals surface area contributed by atoms with E-state index in [1.54, 1.807) is 24.0 Å². The summed E-state index contributed by atoms with van der Waals surface area (Å²) in [5.41, 5.74) is -0.0727. The number of benzene rings is 1. The van der Waals surface area contributed by atoms with Crippen LogP contribution >= 0.6 is 0 Å². The van der Waals surface area contributed by atoms with Crippen molar-refractivity contribution < 1.29 is 19.1 Å². The van der Waals surface area contributed by atoms with Crippen LogP contribution in [0.15, 0.2) is 24.3 Å². The summed E-state index contributed by atoms with van der Waals surface area (Å²) in [6, 6.07) is 7.25. The minimum atomic E-state index is -1.18. The smallest absolute Gasteiger partial charge is 0.339 e. The number of cyclic esters (lactones) is 1. The standard InChI is InChI=1S/C21H29N3O4/c1-20(2,3)22-17(25)14-23-9-11-24(12-10-23)19(27)21(4)13-15-7-5-6-8-16(15)18(26)28-21/h5-8H,9-14H2,1-4H3,(H,22,25)/t21-/m0/s1. The zero-order valence-corrected chi connectivity index (χ0v) is 17.1. The molecule has 2 heterocycles. The number of nitrogens with one attached hydrogen (secondary N) is 1. The highest BCUT2D eigenvalue weighted by Gasteiger charge is 2.45. The molecule has 0 spiro atoms. The number of esters is 1. The molecular weight excluding hydrogens is 358 g/mol. The Morgan fingerprint density at radius 2 is 1.79 bits per heavy atom. The van der Waals surface area contributed by atoms with Crippen LogP contribution in [0.1, 0.15) is 43.6 Å². The highest BCUT2D eigenvalue weighted by Crippen LogP contribution is 2.30. The summed E-state index contributed by atoms with van der Waals surface area (Å²) in [6.07, 6.45) is 0.377. The lowest BCUT2D eigenvalue weighted by atomic mass is 9.88. The lowest BCUT2D eigenvalue weighted by Crippen LogP contribution is -2.58. The molecule has 0 radical (unpaired) electrons. The summed E-state index contributed by atoms with van der Waals surface area (Å²) < 4.78 is 5.55. The van der Waals surface area contributed by atoms with Crippen LogP contribution in [0, 0.1) is 0 Å². The van der Waals surface area contributed by atoms with Gasteiger partial charge in [-0.3, -0.25) is 14.5 Å². The lowest BCUT2D eigenvalue weighted by molar-refractivity contribution is -0.153. The predicted octanol–water partition coefficient (Wildman–Crippen LogP) is 1.22. The van der Waals surface area contributed by atoms with Crippen LogP contribution in [0.4, 0.5) is 0 Å². The van der Waals surface area contributed by atoms with Gasteiger partial charge in [-0.1, -0.05) is 18.2 Å². The molecule has 0 aromatic heterocycles. The molecule has 1 aromatic carbocycles. The largest absolute Gasteiger partial charge is 0.445 e. The van der Waals surface area contributed by atoms with Crippen molar-refractivity contribution in [3.05, 3.63) is 35.4 Å². The molecule has 1 N–H and O–H groups in total. The van der Waals surface area contributed by atoms with Crippen molar-refractivity contribution in [3.63, 3.8) is 0 Å². The summed E-state index contributed by atoms with van der Waals surface area (Å²) >= 11 is 0. The summed E-state index contributed by atoms with van der Waals surface area (Å²) in [6.45, 7) is 10.1. The van der Waals surface area contributed by atoms with Crippen molar-refractivity contribution in [2.75, 3.05) is 32.7 Å². The summed E-state index contributed by atoms with van der Waals surface area (Å²) in [5, 5.41) is 2.95. The van der Waals surface area contributed by atoms with Crippen LogP contribution in [0.3, 0.4) is 0 Å². The Labute approximate surface area is 166 Å². The van der Waals surface area contributed by atoms with Gasteiger partial charge < -0.3 is 15.0 Å². The number of hydrogen-bond acceptors (Lipinski definition) is 5. The van der Waals surface area contributed by atoms with Gasteiger partial charge >= 0.3 is 5.97 Å². The number of rotatable bonds is 3. The number of amides is 2. The SMILES string of the molecule is CC(C)(C)NC(=O)CN1CCN(C(=O)[C@]2(C)Cc3ccccc3C(=O)O2)CC1. The van der Waals surface area contributed by atoms with Gasteiger partial charge in [-0.15, -0.1) is 0 Å². The topological polar surface area (TPSA) is 79.0 Å². The van der Waals surface area contributed by atoms with Gasteiger partial charge in [0, 0.05) is 38.1 Å². The van der Waals surface area contributed by atoms with Crippen molar-refractivity contribution in [1.29, 1.82) is 0 Å². The molecule has 0 unspecified atom stereocenters. The van der Waals surface area contributed by atoms with Crippen LogP contribution in [-0.2, 0) is 20.7 Å². The lowest BCUT2D eigenvalue weighted by Gasteiger charge is -2.40. The molecule has 1 fully saturated rings. The second-order valence-electron chi connectivity index (χ2n) is 8.82. The number of fused-ring (bicyclic) bond motifs is 1. The first-order chi connectivity index (χ1) is 13.1. The number of nitrogens with zero attached hydrogens (tertiary/aromatic N) is 2. The van der Waals surface area contributed by atoms with Crippen molar-refractivity contribution in [2.45, 2.75) is 45.3 Å². The maximum Gasteiger partial charge on any atom is 0.339 e. The van der Waals surface area contributed by atoms with Gasteiger partial charge in [0.25, 0.3) is 5.91 Å². The van der Waals surface area contributed by atoms with Crippen LogP contribution in [0.5, 0.6) is 0 Å². The third kappa shape index (κ3) is 4.52. The summed E-state index contributed by atoms with van der Waals surface area (Å²) in [7, 11) is 0. The molecule has 7 nitrogen and oxygen atoms in total. The first-order valence-corrected chi connectivity index (χ1v) is 9.71. The van der Waals surface area contributed by atoms with Gasteiger partial charge in [-0.25, -0.2) is 4.79 Å². The summed E-state index contributed by atoms with van der Waals surface area (Å²) in [4.78, 5) is 41.3. The molecule has 1 aromatic rings. The Kier molecular flexibility index (Phi) is 5.48. The average molecular weight is 387 g/mol. The molecule has 152 valence electrons. The van der Waals surface area contributed by atoms with E-state index >= 15 is 0 Å². The number of carbonyl (C=O) groups excluding carboxylic acids is 3. The third-order valence-electron chi connectivity index (χ3n) is 5.08. The van der Waals surface area contributed by atoms with Crippen molar-refractivity contribution in [3.8, 4) is 0 Å². The minimum absolute atomic E-state index is 0.0166. The Bertz CT molecular complexity index is 778. The van der Waals surface area contributed by atoms with Crippen molar-refractivity contribution >= 4 is 17.8 Å². The zero-order valence-electron chi connectivity index (χ0n) is 17.1. The fourth-order valence-corrected chi connectivity index (χ4v) is 3.76. The average Bonchev–Trinajstić information content (AvgIpc) is 2.60. The second-order valence-corrected chi connectivity index (χ2v) is 8.82. The first kappa shape index (κ1) is 20.3. The van der Waals surface area contributed by atoms with E-state index in [4.69, 9.17) is 4.74 Å². The van der Waals surface area contributed by atoms with Gasteiger partial charge in [0.05, 0.1) is 12.1 Å². The van der Waals surface area contributed by atoms with Gasteiger partial charge in [-0.2, -0.15) is 0 Å². The Morgan fingerprint density at radius 3 is 2.43 bits per heavy atom. The van der Waals surface area contributed by atoms with E-state index < -0.39 is 11.6 Å². The maximum atomic E-state index is 13.1. The molecule has 7 heteroatoms. The van der Waals surface area contributed by atoms with Crippen molar-refractivity contribution in [1.82, 2.24) is 15.1 Å². The highest BCUT2D eigenvalue weighted by molar-refractivity contribution is 5.97. The van der Waals surface area contributed by atoms with Crippen LogP contribution < -0.4 is 5.32 Å². The van der Waals surface area contributed by atoms with E-state index in [-0.39, 0.29) is 17.4 Å². The number of carbonyl (C=O) groups is 3. The highest BCUT2D eigenvalue weighted by atomic mass is 16.6. The number of piperazine rings is 1. The molecule has 3 rings (SSSR count). The van der Waals surface area contributed by atoms with Gasteiger partial charge in [-0.05, 0) is 39.3 Å². The molecule has 2 amide bonds. The third-order valence-corrected chi connectivity index (χ3v) is 5.08. The Hall–Kier alpha value is -2.41. The number of hydrogen-bond donors (Lipinski definition) is 1. The number of ether oxygens (including phenoxy) is 1. The van der Waals surface area contributed by atoms with E-state index in [1.807, 2.05) is 37.8 Å². The molecule has 2 aliphatic heterocycles. The van der Waals surface area contributed by atoms with Crippen LogP contribution in [0.2, 0.25) is 0 Å². The fraction of sp³-hybridized carbons (Fsp3) is 0.571. The van der Waals surface area contributed by atoms with Crippen LogP contribution in [-0.4, -0.2) is 71.4 Å². The van der Waals surface area contributed by atoms with E-state index in [0.29, 0.717) is 44.7 Å². The van der Waals surface area contributed by atoms with Gasteiger partial charge in [0.2, 0.25) is 5.91 Å². The molecule has 2 aliphatic rings. The zero-order chi connectivity index (χ0) is 20.5. The molecule has 28 heavy (non-hydrogen) atoms. The molecule has 1 saturated heterocycles. The van der Waals surface area contributed by atoms with E-state index in [1.165, 1.54) is 0 Å². The van der Waals surface area contributed by atoms with Gasteiger partial charge in [0.15, 0.2) is 5.60 Å². The molecule has 0 saturated carbocycles. The Morgan fingerprint density at radius 1 is 1.14 bits per heavy atom. The van der Waals surface area contributed by atoms with E-state index in [2.05, 4.69) is 5.32 Å². The minimum Gasteiger partial charge on any atom is -0.445 e. The maximum absolute atomic E-state index is 13.1. The van der Waals surface area contributed by atoms with Crippen molar-refractivity contribution in [2.24, 2.45) is 0 Å². The molecular formula is C21H29N3O4. The summed E-state index contributed by atoms with van der Waals surface area (Å²) in [5.74, 6) is -0.638. The fourth-order valence-electron chi connectivity index (χ4n) is 3.76.